The average Bonchev–Trinajstić information content (AvgIpc) is 3.18. The van der Waals surface area contributed by atoms with Gasteiger partial charge in [-0.25, -0.2) is 4.79 Å². The quantitative estimate of drug-likeness (QED) is 0.0280. The summed E-state index contributed by atoms with van der Waals surface area (Å²) in [5, 5.41) is 9.65. The first-order chi connectivity index (χ1) is 28.1. The number of carboxylic acid groups (broad SMARTS) is 1. The molecule has 0 aliphatic heterocycles. The maximum Gasteiger partial charge on any atom is 0.361 e. The van der Waals surface area contributed by atoms with Gasteiger partial charge in [0.25, 0.3) is 6.29 Å². The Labute approximate surface area is 358 Å². The maximum atomic E-state index is 12.8. The molecule has 0 aliphatic carbocycles. The molecule has 58 heavy (non-hydrogen) atoms. The van der Waals surface area contributed by atoms with E-state index in [9.17, 15) is 19.5 Å². The fourth-order valence-electron chi connectivity index (χ4n) is 7.25. The Morgan fingerprint density at radius 3 is 1.10 bits per heavy atom. The van der Waals surface area contributed by atoms with Gasteiger partial charge >= 0.3 is 17.9 Å². The monoisotopic (exact) mass is 827 g/mol. The molecule has 344 valence electrons. The van der Waals surface area contributed by atoms with E-state index in [1.165, 1.54) is 173 Å². The van der Waals surface area contributed by atoms with E-state index in [2.05, 4.69) is 13.8 Å². The number of likely N-dealkylation sites (N-methyl/N-ethyl adjacent to an activating group) is 1. The fraction of sp³-hybridized carbons (Fsp3) is 0.939. The number of aliphatic carboxylic acids is 1. The zero-order chi connectivity index (χ0) is 42.8. The Bertz CT molecular complexity index is 923. The van der Waals surface area contributed by atoms with Crippen LogP contribution in [0.4, 0.5) is 0 Å². The van der Waals surface area contributed by atoms with Crippen LogP contribution in [0, 0.1) is 0 Å². The van der Waals surface area contributed by atoms with Gasteiger partial charge in [-0.15, -0.1) is 0 Å². The Balaban J connectivity index is 4.30. The SMILES string of the molecule is CCCCCCCCCCCCCCCCCCCCCCC(=O)OC(COC(=O)CCCCCCCCCCCCCCC)COC(OCC[N+](C)(C)C)C(=O)O. The minimum Gasteiger partial charge on any atom is -0.477 e. The molecule has 9 heteroatoms. The zero-order valence-corrected chi connectivity index (χ0v) is 39.0. The highest BCUT2D eigenvalue weighted by atomic mass is 16.7. The molecule has 0 aromatic heterocycles. The first kappa shape index (κ1) is 56.3. The molecule has 0 amide bonds. The van der Waals surface area contributed by atoms with Crippen LogP contribution in [0.15, 0.2) is 0 Å². The van der Waals surface area contributed by atoms with E-state index in [1.807, 2.05) is 21.1 Å². The lowest BCUT2D eigenvalue weighted by Crippen LogP contribution is -2.40. The van der Waals surface area contributed by atoms with Gasteiger partial charge in [0.15, 0.2) is 6.10 Å². The van der Waals surface area contributed by atoms with Gasteiger partial charge in [-0.05, 0) is 12.8 Å². The van der Waals surface area contributed by atoms with E-state index in [4.69, 9.17) is 18.9 Å². The minimum absolute atomic E-state index is 0.173. The predicted octanol–water partition coefficient (Wildman–Crippen LogP) is 13.3. The summed E-state index contributed by atoms with van der Waals surface area (Å²) in [7, 11) is 5.97. The van der Waals surface area contributed by atoms with Crippen molar-refractivity contribution in [3.63, 3.8) is 0 Å². The normalized spacial score (nSPS) is 12.8. The van der Waals surface area contributed by atoms with E-state index >= 15 is 0 Å². The van der Waals surface area contributed by atoms with Crippen molar-refractivity contribution < 1.29 is 42.9 Å². The molecule has 2 unspecified atom stereocenters. The smallest absolute Gasteiger partial charge is 0.361 e. The van der Waals surface area contributed by atoms with Gasteiger partial charge in [0, 0.05) is 12.8 Å². The molecule has 0 fully saturated rings. The second kappa shape index (κ2) is 42.0. The first-order valence-electron chi connectivity index (χ1n) is 24.7. The van der Waals surface area contributed by atoms with Crippen molar-refractivity contribution in [2.45, 2.75) is 251 Å². The van der Waals surface area contributed by atoms with Crippen LogP contribution in [0.5, 0.6) is 0 Å². The van der Waals surface area contributed by atoms with Gasteiger partial charge in [-0.1, -0.05) is 213 Å². The van der Waals surface area contributed by atoms with Crippen molar-refractivity contribution >= 4 is 17.9 Å². The number of hydrogen-bond acceptors (Lipinski definition) is 7. The van der Waals surface area contributed by atoms with Gasteiger partial charge in [0.1, 0.15) is 13.2 Å². The summed E-state index contributed by atoms with van der Waals surface area (Å²) >= 11 is 0. The third-order valence-corrected chi connectivity index (χ3v) is 11.1. The number of rotatable bonds is 46. The van der Waals surface area contributed by atoms with Crippen molar-refractivity contribution in [2.24, 2.45) is 0 Å². The second-order valence-corrected chi connectivity index (χ2v) is 18.1. The standard InChI is InChI=1S/C49H95NO8/c1-6-8-10-12-14-16-18-20-21-22-23-24-25-26-28-30-32-34-36-38-40-47(52)58-45(44-57-49(48(53)54)55-42-41-50(3,4)5)43-56-46(51)39-37-35-33-31-29-27-19-17-15-13-11-9-7-2/h45,49H,6-44H2,1-5H3/p+1. The van der Waals surface area contributed by atoms with Crippen LogP contribution < -0.4 is 0 Å². The molecule has 0 aromatic rings. The molecule has 9 nitrogen and oxygen atoms in total. The minimum atomic E-state index is -1.50. The third kappa shape index (κ3) is 42.4. The van der Waals surface area contributed by atoms with Crippen LogP contribution >= 0.6 is 0 Å². The van der Waals surface area contributed by atoms with Crippen LogP contribution in [0.2, 0.25) is 0 Å². The number of hydrogen-bond donors (Lipinski definition) is 1. The molecule has 0 aromatic carbocycles. The first-order valence-corrected chi connectivity index (χ1v) is 24.7. The molecule has 1 N–H and O–H groups in total. The zero-order valence-electron chi connectivity index (χ0n) is 39.0. The maximum absolute atomic E-state index is 12.8. The van der Waals surface area contributed by atoms with Crippen molar-refractivity contribution in [3.8, 4) is 0 Å². The number of ether oxygens (including phenoxy) is 4. The molecular weight excluding hydrogens is 731 g/mol. The van der Waals surface area contributed by atoms with E-state index in [1.54, 1.807) is 0 Å². The summed E-state index contributed by atoms with van der Waals surface area (Å²) in [6.45, 7) is 4.91. The highest BCUT2D eigenvalue weighted by Gasteiger charge is 2.25. The van der Waals surface area contributed by atoms with Gasteiger partial charge in [-0.2, -0.15) is 0 Å². The highest BCUT2D eigenvalue weighted by molar-refractivity contribution is 5.71. The summed E-state index contributed by atoms with van der Waals surface area (Å²) in [6, 6.07) is 0. The van der Waals surface area contributed by atoms with Gasteiger partial charge in [0.05, 0.1) is 34.4 Å². The molecule has 0 saturated carbocycles. The summed E-state index contributed by atoms with van der Waals surface area (Å²) in [6.07, 6.45) is 40.2. The van der Waals surface area contributed by atoms with Crippen LogP contribution in [0.1, 0.15) is 239 Å². The molecule has 0 heterocycles. The van der Waals surface area contributed by atoms with Gasteiger partial charge in [0.2, 0.25) is 0 Å². The summed E-state index contributed by atoms with van der Waals surface area (Å²) < 4.78 is 22.8. The lowest BCUT2D eigenvalue weighted by molar-refractivity contribution is -0.870. The lowest BCUT2D eigenvalue weighted by atomic mass is 10.0. The summed E-state index contributed by atoms with van der Waals surface area (Å²) in [5.41, 5.74) is 0. The molecule has 0 saturated heterocycles. The van der Waals surface area contributed by atoms with E-state index < -0.39 is 18.4 Å². The van der Waals surface area contributed by atoms with Crippen molar-refractivity contribution in [1.82, 2.24) is 0 Å². The number of quaternary nitrogens is 1. The molecule has 0 radical (unpaired) electrons. The third-order valence-electron chi connectivity index (χ3n) is 11.1. The largest absolute Gasteiger partial charge is 0.477 e. The average molecular weight is 827 g/mol. The topological polar surface area (TPSA) is 108 Å². The Morgan fingerprint density at radius 1 is 0.448 bits per heavy atom. The van der Waals surface area contributed by atoms with Crippen LogP contribution in [0.25, 0.3) is 0 Å². The number of unbranched alkanes of at least 4 members (excludes halogenated alkanes) is 31. The van der Waals surface area contributed by atoms with Crippen molar-refractivity contribution in [2.75, 3.05) is 47.5 Å². The molecule has 0 rings (SSSR count). The highest BCUT2D eigenvalue weighted by Crippen LogP contribution is 2.17. The van der Waals surface area contributed by atoms with E-state index in [0.29, 0.717) is 17.4 Å². The molecule has 0 aliphatic rings. The number of nitrogens with zero attached hydrogens (tertiary/aromatic N) is 1. The fourth-order valence-corrected chi connectivity index (χ4v) is 7.25. The van der Waals surface area contributed by atoms with E-state index in [-0.39, 0.29) is 38.2 Å². The summed E-state index contributed by atoms with van der Waals surface area (Å²) in [5.74, 6) is -1.98. The summed E-state index contributed by atoms with van der Waals surface area (Å²) in [4.78, 5) is 37.2. The van der Waals surface area contributed by atoms with Crippen LogP contribution in [-0.2, 0) is 33.3 Å². The van der Waals surface area contributed by atoms with Crippen LogP contribution in [0.3, 0.4) is 0 Å². The Morgan fingerprint density at radius 2 is 0.776 bits per heavy atom. The molecule has 0 spiro atoms. The Hall–Kier alpha value is -1.71. The number of esters is 2. The lowest BCUT2D eigenvalue weighted by Gasteiger charge is -2.25. The van der Waals surface area contributed by atoms with Crippen molar-refractivity contribution in [1.29, 1.82) is 0 Å². The molecule has 0 bridgehead atoms. The van der Waals surface area contributed by atoms with Crippen LogP contribution in [-0.4, -0.2) is 87.4 Å². The number of carboxylic acids is 1. The van der Waals surface area contributed by atoms with Crippen molar-refractivity contribution in [3.05, 3.63) is 0 Å². The molecule has 2 atom stereocenters. The van der Waals surface area contributed by atoms with Gasteiger partial charge < -0.3 is 28.5 Å². The Kier molecular flexibility index (Phi) is 40.8. The number of carbonyl (C=O) groups is 3. The number of carbonyl (C=O) groups excluding carboxylic acids is 2. The predicted molar refractivity (Wildman–Crippen MR) is 240 cm³/mol. The van der Waals surface area contributed by atoms with Gasteiger partial charge in [-0.3, -0.25) is 9.59 Å². The molecular formula is C49H96NO8+. The second-order valence-electron chi connectivity index (χ2n) is 18.1. The van der Waals surface area contributed by atoms with E-state index in [0.717, 1.165) is 38.5 Å².